The molecule has 0 aliphatic carbocycles. The zero-order valence-electron chi connectivity index (χ0n) is 8.61. The summed E-state index contributed by atoms with van der Waals surface area (Å²) in [5, 5.41) is 12.6. The van der Waals surface area contributed by atoms with Gasteiger partial charge in [-0.25, -0.2) is 4.98 Å². The lowest BCUT2D eigenvalue weighted by Gasteiger charge is -2.07. The topological polar surface area (TPSA) is 48.7 Å². The van der Waals surface area contributed by atoms with E-state index in [0.29, 0.717) is 10.7 Å². The first-order valence-corrected chi connectivity index (χ1v) is 5.94. The lowest BCUT2D eigenvalue weighted by molar-refractivity contribution is 1.26. The third-order valence-electron chi connectivity index (χ3n) is 2.08. The number of halogens is 2. The van der Waals surface area contributed by atoms with Crippen molar-refractivity contribution in [1.82, 2.24) is 4.98 Å². The number of pyridine rings is 1. The minimum Gasteiger partial charge on any atom is -0.355 e. The van der Waals surface area contributed by atoms with E-state index in [9.17, 15) is 0 Å². The summed E-state index contributed by atoms with van der Waals surface area (Å²) in [5.74, 6) is 0. The minimum atomic E-state index is 0.378. The number of nitrogens with one attached hydrogen (secondary N) is 1. The summed E-state index contributed by atoms with van der Waals surface area (Å²) in [6.07, 6.45) is 1.59. The van der Waals surface area contributed by atoms with Crippen LogP contribution in [0.3, 0.4) is 0 Å². The van der Waals surface area contributed by atoms with Crippen LogP contribution >= 0.6 is 27.5 Å². The average Bonchev–Trinajstić information content (AvgIpc) is 2.34. The van der Waals surface area contributed by atoms with Crippen molar-refractivity contribution in [3.05, 3.63) is 51.7 Å². The van der Waals surface area contributed by atoms with Crippen LogP contribution in [0.2, 0.25) is 5.02 Å². The molecule has 0 aliphatic rings. The highest BCUT2D eigenvalue weighted by atomic mass is 79.9. The molecule has 0 spiro atoms. The van der Waals surface area contributed by atoms with Gasteiger partial charge in [0.2, 0.25) is 0 Å². The van der Waals surface area contributed by atoms with E-state index in [1.165, 1.54) is 0 Å². The predicted octanol–water partition coefficient (Wildman–Crippen LogP) is 4.11. The maximum Gasteiger partial charge on any atom is 0.142 e. The van der Waals surface area contributed by atoms with E-state index in [2.05, 4.69) is 26.2 Å². The largest absolute Gasteiger partial charge is 0.355 e. The highest BCUT2D eigenvalue weighted by Crippen LogP contribution is 2.27. The van der Waals surface area contributed by atoms with E-state index >= 15 is 0 Å². The maximum atomic E-state index is 8.74. The van der Waals surface area contributed by atoms with Crippen LogP contribution in [-0.4, -0.2) is 4.98 Å². The number of hydrogen-bond donors (Lipinski definition) is 1. The molecule has 0 saturated heterocycles. The summed E-state index contributed by atoms with van der Waals surface area (Å²) < 4.78 is 0.818. The second-order valence-electron chi connectivity index (χ2n) is 3.30. The first-order chi connectivity index (χ1) is 8.19. The van der Waals surface area contributed by atoms with Gasteiger partial charge in [-0.3, -0.25) is 0 Å². The van der Waals surface area contributed by atoms with Gasteiger partial charge in [-0.1, -0.05) is 11.6 Å². The van der Waals surface area contributed by atoms with Crippen LogP contribution in [-0.2, 0) is 0 Å². The van der Waals surface area contributed by atoms with Crippen LogP contribution in [0.25, 0.3) is 0 Å². The smallest absolute Gasteiger partial charge is 0.142 e. The van der Waals surface area contributed by atoms with E-state index in [0.717, 1.165) is 15.8 Å². The average molecular weight is 309 g/mol. The van der Waals surface area contributed by atoms with Crippen LogP contribution in [0.1, 0.15) is 5.69 Å². The fourth-order valence-corrected chi connectivity index (χ4v) is 1.81. The van der Waals surface area contributed by atoms with Crippen molar-refractivity contribution >= 4 is 38.9 Å². The summed E-state index contributed by atoms with van der Waals surface area (Å²) in [6.45, 7) is 0. The molecule has 1 N–H and O–H groups in total. The first kappa shape index (κ1) is 11.9. The number of aromatic nitrogens is 1. The molecule has 3 nitrogen and oxygen atoms in total. The monoisotopic (exact) mass is 307 g/mol. The van der Waals surface area contributed by atoms with E-state index < -0.39 is 0 Å². The molecule has 0 unspecified atom stereocenters. The molecule has 17 heavy (non-hydrogen) atoms. The molecular formula is C12H7BrClN3. The van der Waals surface area contributed by atoms with Gasteiger partial charge < -0.3 is 5.32 Å². The normalized spacial score (nSPS) is 9.71. The fraction of sp³-hybridized carbons (Fsp3) is 0. The van der Waals surface area contributed by atoms with Crippen LogP contribution in [0, 0.1) is 11.3 Å². The summed E-state index contributed by atoms with van der Waals surface area (Å²) >= 11 is 9.25. The third kappa shape index (κ3) is 2.96. The van der Waals surface area contributed by atoms with Gasteiger partial charge in [0, 0.05) is 22.0 Å². The van der Waals surface area contributed by atoms with Crippen LogP contribution < -0.4 is 5.32 Å². The Morgan fingerprint density at radius 3 is 2.71 bits per heavy atom. The van der Waals surface area contributed by atoms with Crippen molar-refractivity contribution in [1.29, 1.82) is 5.26 Å². The van der Waals surface area contributed by atoms with Gasteiger partial charge in [0.05, 0.1) is 5.02 Å². The van der Waals surface area contributed by atoms with Crippen LogP contribution in [0.4, 0.5) is 11.4 Å². The van der Waals surface area contributed by atoms with E-state index in [1.807, 2.05) is 18.2 Å². The SMILES string of the molecule is N#Cc1cc(Nc2ccc(Cl)c(Br)c2)ccn1. The van der Waals surface area contributed by atoms with Gasteiger partial charge in [0.15, 0.2) is 0 Å². The van der Waals surface area contributed by atoms with Crippen molar-refractivity contribution in [3.63, 3.8) is 0 Å². The second kappa shape index (κ2) is 5.17. The van der Waals surface area contributed by atoms with Gasteiger partial charge in [-0.2, -0.15) is 5.26 Å². The maximum absolute atomic E-state index is 8.74. The molecule has 2 rings (SSSR count). The lowest BCUT2D eigenvalue weighted by atomic mass is 10.3. The third-order valence-corrected chi connectivity index (χ3v) is 3.30. The zero-order valence-corrected chi connectivity index (χ0v) is 11.0. The Balaban J connectivity index is 2.25. The Hall–Kier alpha value is -1.57. The molecule has 0 atom stereocenters. The molecule has 0 saturated carbocycles. The summed E-state index contributed by atoms with van der Waals surface area (Å²) in [4.78, 5) is 3.90. The molecule has 0 amide bonds. The van der Waals surface area contributed by atoms with Gasteiger partial charge in [-0.05, 0) is 46.3 Å². The Morgan fingerprint density at radius 1 is 1.24 bits per heavy atom. The second-order valence-corrected chi connectivity index (χ2v) is 4.56. The van der Waals surface area contributed by atoms with Crippen molar-refractivity contribution < 1.29 is 0 Å². The number of hydrogen-bond acceptors (Lipinski definition) is 3. The van der Waals surface area contributed by atoms with Crippen LogP contribution in [0.5, 0.6) is 0 Å². The summed E-state index contributed by atoms with van der Waals surface area (Å²) in [6, 6.07) is 11.0. The van der Waals surface area contributed by atoms with Crippen molar-refractivity contribution in [3.8, 4) is 6.07 Å². The van der Waals surface area contributed by atoms with Crippen molar-refractivity contribution in [2.45, 2.75) is 0 Å². The van der Waals surface area contributed by atoms with E-state index in [-0.39, 0.29) is 0 Å². The van der Waals surface area contributed by atoms with Gasteiger partial charge >= 0.3 is 0 Å². The molecule has 2 aromatic rings. The lowest BCUT2D eigenvalue weighted by Crippen LogP contribution is -1.92. The molecule has 0 radical (unpaired) electrons. The van der Waals surface area contributed by atoms with E-state index in [4.69, 9.17) is 16.9 Å². The molecule has 1 aromatic carbocycles. The van der Waals surface area contributed by atoms with Gasteiger partial charge in [0.25, 0.3) is 0 Å². The molecule has 84 valence electrons. The Morgan fingerprint density at radius 2 is 2.00 bits per heavy atom. The number of rotatable bonds is 2. The van der Waals surface area contributed by atoms with Gasteiger partial charge in [-0.15, -0.1) is 0 Å². The summed E-state index contributed by atoms with van der Waals surface area (Å²) in [5.41, 5.74) is 2.07. The first-order valence-electron chi connectivity index (χ1n) is 4.77. The molecule has 0 fully saturated rings. The fourth-order valence-electron chi connectivity index (χ4n) is 1.31. The van der Waals surface area contributed by atoms with Crippen molar-refractivity contribution in [2.75, 3.05) is 5.32 Å². The Labute approximate surface area is 112 Å². The zero-order chi connectivity index (χ0) is 12.3. The molecule has 1 heterocycles. The molecule has 0 bridgehead atoms. The molecular weight excluding hydrogens is 302 g/mol. The summed E-state index contributed by atoms with van der Waals surface area (Å²) in [7, 11) is 0. The Bertz CT molecular complexity index is 593. The molecule has 1 aromatic heterocycles. The Kier molecular flexibility index (Phi) is 3.62. The number of benzene rings is 1. The highest BCUT2D eigenvalue weighted by molar-refractivity contribution is 9.10. The predicted molar refractivity (Wildman–Crippen MR) is 71.4 cm³/mol. The van der Waals surface area contributed by atoms with Gasteiger partial charge in [0.1, 0.15) is 11.8 Å². The van der Waals surface area contributed by atoms with Crippen molar-refractivity contribution in [2.24, 2.45) is 0 Å². The number of nitriles is 1. The minimum absolute atomic E-state index is 0.378. The molecule has 5 heteroatoms. The van der Waals surface area contributed by atoms with Crippen LogP contribution in [0.15, 0.2) is 41.0 Å². The number of anilines is 2. The van der Waals surface area contributed by atoms with E-state index in [1.54, 1.807) is 24.4 Å². The standard InChI is InChI=1S/C12H7BrClN3/c13-11-6-8(1-2-12(11)14)17-9-3-4-16-10(5-9)7-15/h1-6H,(H,16,17). The highest BCUT2D eigenvalue weighted by Gasteiger charge is 2.00. The number of nitrogens with zero attached hydrogens (tertiary/aromatic N) is 2. The quantitative estimate of drug-likeness (QED) is 0.908. The molecule has 0 aliphatic heterocycles.